The molecule has 0 amide bonds. The maximum Gasteiger partial charge on any atom is 0.239 e. The number of sulfonamides is 1. The van der Waals surface area contributed by atoms with Gasteiger partial charge in [-0.3, -0.25) is 4.31 Å². The maximum absolute atomic E-state index is 12.7. The lowest BCUT2D eigenvalue weighted by Gasteiger charge is -2.23. The zero-order chi connectivity index (χ0) is 15.3. The third-order valence-corrected chi connectivity index (χ3v) is 5.05. The minimum atomic E-state index is -3.54. The van der Waals surface area contributed by atoms with Crippen molar-refractivity contribution in [3.05, 3.63) is 77.8 Å². The van der Waals surface area contributed by atoms with Crippen LogP contribution in [0.15, 0.2) is 67.3 Å². The van der Waals surface area contributed by atoms with Crippen LogP contribution in [-0.2, 0) is 15.8 Å². The molecule has 0 aliphatic carbocycles. The Bertz CT molecular complexity index is 714. The number of nitrogens with zero attached hydrogens (tertiary/aromatic N) is 1. The van der Waals surface area contributed by atoms with Gasteiger partial charge in [-0.1, -0.05) is 54.1 Å². The molecule has 110 valence electrons. The van der Waals surface area contributed by atoms with Crippen LogP contribution in [0.25, 0.3) is 0 Å². The average molecular weight is 322 g/mol. The van der Waals surface area contributed by atoms with Crippen molar-refractivity contribution in [1.29, 1.82) is 0 Å². The van der Waals surface area contributed by atoms with E-state index < -0.39 is 10.0 Å². The number of benzene rings is 2. The van der Waals surface area contributed by atoms with E-state index in [1.54, 1.807) is 54.6 Å². The highest BCUT2D eigenvalue weighted by molar-refractivity contribution is 7.92. The van der Waals surface area contributed by atoms with Crippen LogP contribution in [0.2, 0.25) is 5.02 Å². The number of halogens is 1. The van der Waals surface area contributed by atoms with Crippen molar-refractivity contribution in [3.8, 4) is 0 Å². The summed E-state index contributed by atoms with van der Waals surface area (Å²) < 4.78 is 26.7. The fourth-order valence-corrected chi connectivity index (χ4v) is 3.84. The molecule has 0 radical (unpaired) electrons. The molecule has 0 atom stereocenters. The summed E-state index contributed by atoms with van der Waals surface area (Å²) in [5, 5.41) is 0.452. The summed E-state index contributed by atoms with van der Waals surface area (Å²) in [7, 11) is -3.54. The summed E-state index contributed by atoms with van der Waals surface area (Å²) in [6.07, 6.45) is 1.57. The van der Waals surface area contributed by atoms with Crippen LogP contribution < -0.4 is 4.31 Å². The van der Waals surface area contributed by atoms with Gasteiger partial charge < -0.3 is 0 Å². The molecule has 21 heavy (non-hydrogen) atoms. The first-order valence-corrected chi connectivity index (χ1v) is 8.43. The molecule has 3 nitrogen and oxygen atoms in total. The van der Waals surface area contributed by atoms with Crippen LogP contribution >= 0.6 is 11.6 Å². The summed E-state index contributed by atoms with van der Waals surface area (Å²) in [6.45, 7) is 3.85. The van der Waals surface area contributed by atoms with Crippen LogP contribution in [0, 0.1) is 0 Å². The van der Waals surface area contributed by atoms with E-state index in [2.05, 4.69) is 6.58 Å². The van der Waals surface area contributed by atoms with E-state index in [1.807, 2.05) is 6.07 Å². The van der Waals surface area contributed by atoms with Crippen molar-refractivity contribution in [3.63, 3.8) is 0 Å². The molecule has 0 spiro atoms. The molecule has 0 fully saturated rings. The Kier molecular flexibility index (Phi) is 5.04. The number of hydrogen-bond acceptors (Lipinski definition) is 2. The molecule has 2 aromatic carbocycles. The van der Waals surface area contributed by atoms with Crippen LogP contribution in [0.4, 0.5) is 5.69 Å². The quantitative estimate of drug-likeness (QED) is 0.758. The maximum atomic E-state index is 12.7. The predicted octanol–water partition coefficient (Wildman–Crippen LogP) is 3.86. The molecule has 0 bridgehead atoms. The molecule has 0 N–H and O–H groups in total. The van der Waals surface area contributed by atoms with Crippen molar-refractivity contribution in [2.45, 2.75) is 5.75 Å². The van der Waals surface area contributed by atoms with Crippen molar-refractivity contribution < 1.29 is 8.42 Å². The number of rotatable bonds is 6. The summed E-state index contributed by atoms with van der Waals surface area (Å²) in [4.78, 5) is 0. The van der Waals surface area contributed by atoms with E-state index in [1.165, 1.54) is 4.31 Å². The monoisotopic (exact) mass is 321 g/mol. The Morgan fingerprint density at radius 1 is 1.05 bits per heavy atom. The molecule has 0 heterocycles. The topological polar surface area (TPSA) is 37.4 Å². The summed E-state index contributed by atoms with van der Waals surface area (Å²) in [5.74, 6) is -0.143. The molecule has 5 heteroatoms. The minimum Gasteiger partial charge on any atom is -0.266 e. The first kappa shape index (κ1) is 15.6. The normalized spacial score (nSPS) is 11.1. The molecule has 0 unspecified atom stereocenters. The van der Waals surface area contributed by atoms with E-state index in [0.717, 1.165) is 0 Å². The van der Waals surface area contributed by atoms with Gasteiger partial charge in [0.2, 0.25) is 10.0 Å². The van der Waals surface area contributed by atoms with Gasteiger partial charge in [0, 0.05) is 5.02 Å². The first-order valence-electron chi connectivity index (χ1n) is 6.44. The lowest BCUT2D eigenvalue weighted by molar-refractivity contribution is 0.592. The van der Waals surface area contributed by atoms with Gasteiger partial charge in [0.25, 0.3) is 0 Å². The average Bonchev–Trinajstić information content (AvgIpc) is 2.48. The van der Waals surface area contributed by atoms with E-state index >= 15 is 0 Å². The molecule has 0 aliphatic heterocycles. The third-order valence-electron chi connectivity index (χ3n) is 2.97. The molecule has 2 aromatic rings. The van der Waals surface area contributed by atoms with E-state index in [9.17, 15) is 8.42 Å². The number of hydrogen-bond donors (Lipinski definition) is 0. The zero-order valence-electron chi connectivity index (χ0n) is 11.4. The highest BCUT2D eigenvalue weighted by Gasteiger charge is 2.22. The first-order chi connectivity index (χ1) is 10.0. The van der Waals surface area contributed by atoms with E-state index in [-0.39, 0.29) is 12.3 Å². The molecule has 0 aliphatic rings. The van der Waals surface area contributed by atoms with Crippen molar-refractivity contribution in [1.82, 2.24) is 0 Å². The van der Waals surface area contributed by atoms with Gasteiger partial charge in [0.1, 0.15) is 0 Å². The standard InChI is InChI=1S/C16H16ClNO2S/c1-2-12-18(15-9-4-3-5-10-15)21(19,20)13-14-8-6-7-11-16(14)17/h2-11H,1,12-13H2. The van der Waals surface area contributed by atoms with Gasteiger partial charge in [-0.15, -0.1) is 6.58 Å². The second-order valence-corrected chi connectivity index (χ2v) is 6.80. The Morgan fingerprint density at radius 2 is 1.67 bits per heavy atom. The fraction of sp³-hybridized carbons (Fsp3) is 0.125. The Balaban J connectivity index is 2.35. The number of para-hydroxylation sites is 1. The third kappa shape index (κ3) is 3.86. The second-order valence-electron chi connectivity index (χ2n) is 4.50. The summed E-state index contributed by atoms with van der Waals surface area (Å²) in [5.41, 5.74) is 1.20. The summed E-state index contributed by atoms with van der Waals surface area (Å²) in [6, 6.07) is 15.9. The SMILES string of the molecule is C=CCN(c1ccccc1)S(=O)(=O)Cc1ccccc1Cl. The fourth-order valence-electron chi connectivity index (χ4n) is 1.98. The van der Waals surface area contributed by atoms with Gasteiger partial charge in [-0.05, 0) is 23.8 Å². The van der Waals surface area contributed by atoms with Crippen molar-refractivity contribution >= 4 is 27.3 Å². The highest BCUT2D eigenvalue weighted by atomic mass is 35.5. The van der Waals surface area contributed by atoms with Crippen molar-refractivity contribution in [2.75, 3.05) is 10.8 Å². The molecular weight excluding hydrogens is 306 g/mol. The van der Waals surface area contributed by atoms with Crippen LogP contribution in [-0.4, -0.2) is 15.0 Å². The molecule has 0 saturated heterocycles. The van der Waals surface area contributed by atoms with Gasteiger partial charge in [-0.25, -0.2) is 8.42 Å². The second kappa shape index (κ2) is 6.78. The van der Waals surface area contributed by atoms with Gasteiger partial charge in [0.05, 0.1) is 18.0 Å². The zero-order valence-corrected chi connectivity index (χ0v) is 13.0. The van der Waals surface area contributed by atoms with Crippen LogP contribution in [0.3, 0.4) is 0 Å². The molecular formula is C16H16ClNO2S. The molecule has 0 saturated carbocycles. The Morgan fingerprint density at radius 3 is 2.29 bits per heavy atom. The lowest BCUT2D eigenvalue weighted by atomic mass is 10.2. The predicted molar refractivity (Wildman–Crippen MR) is 88.1 cm³/mol. The van der Waals surface area contributed by atoms with Crippen molar-refractivity contribution in [2.24, 2.45) is 0 Å². The van der Waals surface area contributed by atoms with E-state index in [4.69, 9.17) is 11.6 Å². The smallest absolute Gasteiger partial charge is 0.239 e. The summed E-state index contributed by atoms with van der Waals surface area (Å²) >= 11 is 6.05. The van der Waals surface area contributed by atoms with Crippen LogP contribution in [0.1, 0.15) is 5.56 Å². The van der Waals surface area contributed by atoms with Gasteiger partial charge >= 0.3 is 0 Å². The van der Waals surface area contributed by atoms with Gasteiger partial charge in [-0.2, -0.15) is 0 Å². The van der Waals surface area contributed by atoms with Gasteiger partial charge in [0.15, 0.2) is 0 Å². The van der Waals surface area contributed by atoms with E-state index in [0.29, 0.717) is 16.3 Å². The largest absolute Gasteiger partial charge is 0.266 e. The number of anilines is 1. The molecule has 2 rings (SSSR count). The highest BCUT2D eigenvalue weighted by Crippen LogP contribution is 2.23. The minimum absolute atomic E-state index is 0.143. The Hall–Kier alpha value is -1.78. The molecule has 0 aromatic heterocycles. The lowest BCUT2D eigenvalue weighted by Crippen LogP contribution is -2.32. The van der Waals surface area contributed by atoms with Crippen LogP contribution in [0.5, 0.6) is 0 Å². The Labute approximate surface area is 130 Å².